The molecular weight excluding hydrogens is 242 g/mol. The average molecular weight is 275 g/mol. The van der Waals surface area contributed by atoms with Gasteiger partial charge in [0.2, 0.25) is 0 Å². The third-order valence-electron chi connectivity index (χ3n) is 4.62. The molecule has 0 radical (unpaired) electrons. The van der Waals surface area contributed by atoms with Crippen molar-refractivity contribution in [3.63, 3.8) is 0 Å². The van der Waals surface area contributed by atoms with Gasteiger partial charge in [-0.15, -0.1) is 0 Å². The minimum Gasteiger partial charge on any atom is -0.314 e. The van der Waals surface area contributed by atoms with E-state index in [1.807, 2.05) is 6.08 Å². The molecule has 1 fully saturated rings. The van der Waals surface area contributed by atoms with Gasteiger partial charge in [0, 0.05) is 6.04 Å². The standard InChI is InChI=1S/C19H33N/c1-6-10-11-16(8-3)17-13-18(20-9-4)15-19(5,14-17)12-7-2/h6,8,10-11,17-18,20H,1,7,9,12-15H2,2-5H3/b11-10-,16-8+. The van der Waals surface area contributed by atoms with E-state index in [0.717, 1.165) is 6.54 Å². The van der Waals surface area contributed by atoms with Gasteiger partial charge in [-0.1, -0.05) is 58.1 Å². The second-order valence-electron chi connectivity index (χ2n) is 6.54. The molecule has 0 amide bonds. The summed E-state index contributed by atoms with van der Waals surface area (Å²) in [5.41, 5.74) is 1.97. The fraction of sp³-hybridized carbons (Fsp3) is 0.684. The summed E-state index contributed by atoms with van der Waals surface area (Å²) in [6, 6.07) is 0.669. The summed E-state index contributed by atoms with van der Waals surface area (Å²) in [4.78, 5) is 0. The van der Waals surface area contributed by atoms with E-state index in [0.29, 0.717) is 17.4 Å². The highest BCUT2D eigenvalue weighted by atomic mass is 14.9. The zero-order chi connectivity index (χ0) is 15.0. The highest BCUT2D eigenvalue weighted by Crippen LogP contribution is 2.45. The Labute approximate surface area is 126 Å². The van der Waals surface area contributed by atoms with Crippen molar-refractivity contribution in [3.05, 3.63) is 36.5 Å². The Bertz CT molecular complexity index is 353. The Kier molecular flexibility index (Phi) is 7.29. The molecule has 0 aromatic rings. The average Bonchev–Trinajstić information content (AvgIpc) is 2.39. The maximum atomic E-state index is 3.79. The molecule has 0 aromatic carbocycles. The molecule has 1 heteroatoms. The molecule has 1 rings (SSSR count). The number of rotatable bonds is 7. The van der Waals surface area contributed by atoms with Crippen LogP contribution in [0.5, 0.6) is 0 Å². The van der Waals surface area contributed by atoms with Crippen LogP contribution < -0.4 is 5.32 Å². The first kappa shape index (κ1) is 17.2. The lowest BCUT2D eigenvalue weighted by atomic mass is 9.65. The molecule has 0 aliphatic heterocycles. The second kappa shape index (κ2) is 8.46. The molecule has 1 aliphatic rings. The minimum atomic E-state index is 0.487. The van der Waals surface area contributed by atoms with E-state index in [4.69, 9.17) is 0 Å². The lowest BCUT2D eigenvalue weighted by Gasteiger charge is -2.43. The van der Waals surface area contributed by atoms with Gasteiger partial charge in [-0.25, -0.2) is 0 Å². The van der Waals surface area contributed by atoms with Crippen molar-refractivity contribution in [2.24, 2.45) is 11.3 Å². The molecule has 20 heavy (non-hydrogen) atoms. The van der Waals surface area contributed by atoms with Crippen LogP contribution in [0, 0.1) is 11.3 Å². The second-order valence-corrected chi connectivity index (χ2v) is 6.54. The molecule has 1 aliphatic carbocycles. The molecule has 0 spiro atoms. The minimum absolute atomic E-state index is 0.487. The first-order chi connectivity index (χ1) is 9.58. The molecule has 0 heterocycles. The lowest BCUT2D eigenvalue weighted by molar-refractivity contribution is 0.130. The van der Waals surface area contributed by atoms with Gasteiger partial charge in [0.1, 0.15) is 0 Å². The van der Waals surface area contributed by atoms with Gasteiger partial charge in [-0.05, 0) is 56.1 Å². The zero-order valence-corrected chi connectivity index (χ0v) is 13.9. The lowest BCUT2D eigenvalue weighted by Crippen LogP contribution is -2.42. The molecule has 0 saturated heterocycles. The van der Waals surface area contributed by atoms with Gasteiger partial charge in [-0.3, -0.25) is 0 Å². The van der Waals surface area contributed by atoms with Crippen LogP contribution in [-0.4, -0.2) is 12.6 Å². The molecule has 0 bridgehead atoms. The van der Waals surface area contributed by atoms with E-state index in [1.165, 1.54) is 37.7 Å². The predicted octanol–water partition coefficient (Wildman–Crippen LogP) is 5.26. The summed E-state index contributed by atoms with van der Waals surface area (Å²) in [6.45, 7) is 14.0. The van der Waals surface area contributed by atoms with E-state index >= 15 is 0 Å². The quantitative estimate of drug-likeness (QED) is 0.625. The summed E-state index contributed by atoms with van der Waals surface area (Å²) in [6.07, 6.45) is 15.0. The molecule has 114 valence electrons. The first-order valence-corrected chi connectivity index (χ1v) is 8.27. The molecule has 0 aromatic heterocycles. The van der Waals surface area contributed by atoms with Crippen LogP contribution in [0.4, 0.5) is 0 Å². The van der Waals surface area contributed by atoms with Crippen LogP contribution in [0.3, 0.4) is 0 Å². The van der Waals surface area contributed by atoms with Gasteiger partial charge in [0.15, 0.2) is 0 Å². The molecule has 3 unspecified atom stereocenters. The van der Waals surface area contributed by atoms with Crippen molar-refractivity contribution < 1.29 is 0 Å². The van der Waals surface area contributed by atoms with E-state index in [2.05, 4.69) is 57.8 Å². The van der Waals surface area contributed by atoms with Gasteiger partial charge >= 0.3 is 0 Å². The third-order valence-corrected chi connectivity index (χ3v) is 4.62. The van der Waals surface area contributed by atoms with Crippen molar-refractivity contribution in [3.8, 4) is 0 Å². The van der Waals surface area contributed by atoms with Crippen LogP contribution in [0.25, 0.3) is 0 Å². The van der Waals surface area contributed by atoms with Gasteiger partial charge in [0.05, 0.1) is 0 Å². The van der Waals surface area contributed by atoms with Gasteiger partial charge < -0.3 is 5.32 Å². The fourth-order valence-electron chi connectivity index (χ4n) is 3.94. The Morgan fingerprint density at radius 3 is 2.65 bits per heavy atom. The molecule has 1 nitrogen and oxygen atoms in total. The predicted molar refractivity (Wildman–Crippen MR) is 90.9 cm³/mol. The number of nitrogens with one attached hydrogen (secondary N) is 1. The maximum absolute atomic E-state index is 3.79. The van der Waals surface area contributed by atoms with Crippen molar-refractivity contribution >= 4 is 0 Å². The SMILES string of the molecule is C=C/C=C\C(=C/C)C1CC(NCC)CC(C)(CCC)C1. The highest BCUT2D eigenvalue weighted by Gasteiger charge is 2.36. The topological polar surface area (TPSA) is 12.0 Å². The van der Waals surface area contributed by atoms with E-state index < -0.39 is 0 Å². The van der Waals surface area contributed by atoms with Crippen molar-refractivity contribution in [1.82, 2.24) is 5.32 Å². The van der Waals surface area contributed by atoms with Gasteiger partial charge in [0.25, 0.3) is 0 Å². The normalized spacial score (nSPS) is 31.7. The van der Waals surface area contributed by atoms with Crippen molar-refractivity contribution in [2.75, 3.05) is 6.54 Å². The Balaban J connectivity index is 2.88. The molecular formula is C19H33N. The summed E-state index contributed by atoms with van der Waals surface area (Å²) in [5.74, 6) is 0.686. The van der Waals surface area contributed by atoms with Crippen LogP contribution in [0.1, 0.15) is 59.8 Å². The van der Waals surface area contributed by atoms with E-state index in [1.54, 1.807) is 0 Å². The number of hydrogen-bond acceptors (Lipinski definition) is 1. The molecule has 1 saturated carbocycles. The molecule has 3 atom stereocenters. The van der Waals surface area contributed by atoms with Crippen LogP contribution in [0.15, 0.2) is 36.5 Å². The first-order valence-electron chi connectivity index (χ1n) is 8.27. The van der Waals surface area contributed by atoms with Crippen LogP contribution in [-0.2, 0) is 0 Å². The monoisotopic (exact) mass is 275 g/mol. The Morgan fingerprint density at radius 1 is 1.35 bits per heavy atom. The van der Waals surface area contributed by atoms with Crippen molar-refractivity contribution in [1.29, 1.82) is 0 Å². The highest BCUT2D eigenvalue weighted by molar-refractivity contribution is 5.25. The summed E-state index contributed by atoms with van der Waals surface area (Å²) in [5, 5.41) is 3.69. The van der Waals surface area contributed by atoms with Crippen LogP contribution in [0.2, 0.25) is 0 Å². The number of hydrogen-bond donors (Lipinski definition) is 1. The van der Waals surface area contributed by atoms with E-state index in [-0.39, 0.29) is 0 Å². The Morgan fingerprint density at radius 2 is 2.10 bits per heavy atom. The molecule has 1 N–H and O–H groups in total. The van der Waals surface area contributed by atoms with Crippen molar-refractivity contribution in [2.45, 2.75) is 65.8 Å². The summed E-state index contributed by atoms with van der Waals surface area (Å²) in [7, 11) is 0. The smallest absolute Gasteiger partial charge is 0.00779 e. The maximum Gasteiger partial charge on any atom is 0.00779 e. The number of allylic oxidation sites excluding steroid dienone is 5. The summed E-state index contributed by atoms with van der Waals surface area (Å²) >= 11 is 0. The van der Waals surface area contributed by atoms with E-state index in [9.17, 15) is 0 Å². The largest absolute Gasteiger partial charge is 0.314 e. The van der Waals surface area contributed by atoms with Crippen LogP contribution >= 0.6 is 0 Å². The third kappa shape index (κ3) is 4.94. The fourth-order valence-corrected chi connectivity index (χ4v) is 3.94. The zero-order valence-electron chi connectivity index (χ0n) is 13.9. The van der Waals surface area contributed by atoms with Gasteiger partial charge in [-0.2, -0.15) is 0 Å². The Hall–Kier alpha value is -0.820. The summed E-state index contributed by atoms with van der Waals surface area (Å²) < 4.78 is 0.